The lowest BCUT2D eigenvalue weighted by atomic mass is 10.1. The van der Waals surface area contributed by atoms with Crippen LogP contribution in [0, 0.1) is 0 Å². The molecule has 0 unspecified atom stereocenters. The highest BCUT2D eigenvalue weighted by atomic mass is 32.1. The first kappa shape index (κ1) is 20.2. The normalized spacial score (nSPS) is 14.5. The maximum atomic E-state index is 9.10. The van der Waals surface area contributed by atoms with E-state index in [1.54, 1.807) is 11.3 Å². The fraction of sp³-hybridized carbons (Fsp3) is 0.474. The third kappa shape index (κ3) is 6.65. The van der Waals surface area contributed by atoms with Crippen LogP contribution in [-0.4, -0.2) is 53.3 Å². The second kappa shape index (κ2) is 10.8. The number of unbranched alkanes of at least 4 members (excludes halogenated alkanes) is 1. The van der Waals surface area contributed by atoms with Crippen molar-refractivity contribution in [1.82, 2.24) is 4.90 Å². The lowest BCUT2D eigenvalue weighted by molar-refractivity contribution is -0.159. The zero-order valence-electron chi connectivity index (χ0n) is 14.7. The Morgan fingerprint density at radius 2 is 1.77 bits per heavy atom. The summed E-state index contributed by atoms with van der Waals surface area (Å²) in [7, 11) is 0. The molecule has 1 aliphatic heterocycles. The molecule has 1 fully saturated rings. The van der Waals surface area contributed by atoms with Gasteiger partial charge in [0, 0.05) is 10.1 Å². The van der Waals surface area contributed by atoms with Gasteiger partial charge in [-0.1, -0.05) is 12.5 Å². The van der Waals surface area contributed by atoms with Crippen LogP contribution in [0.5, 0.6) is 5.75 Å². The summed E-state index contributed by atoms with van der Waals surface area (Å²) in [5, 5.41) is 18.2. The van der Waals surface area contributed by atoms with E-state index >= 15 is 0 Å². The Morgan fingerprint density at radius 3 is 2.46 bits per heavy atom. The van der Waals surface area contributed by atoms with E-state index in [1.807, 2.05) is 0 Å². The Labute approximate surface area is 157 Å². The average molecular weight is 379 g/mol. The van der Waals surface area contributed by atoms with Crippen LogP contribution >= 0.6 is 11.3 Å². The highest BCUT2D eigenvalue weighted by Crippen LogP contribution is 2.29. The van der Waals surface area contributed by atoms with Crippen molar-refractivity contribution in [3.8, 4) is 5.75 Å². The predicted molar refractivity (Wildman–Crippen MR) is 102 cm³/mol. The molecule has 0 radical (unpaired) electrons. The van der Waals surface area contributed by atoms with Gasteiger partial charge in [-0.15, -0.1) is 11.3 Å². The minimum atomic E-state index is -1.82. The molecule has 26 heavy (non-hydrogen) atoms. The van der Waals surface area contributed by atoms with Crippen LogP contribution in [0.25, 0.3) is 10.1 Å². The Kier molecular flexibility index (Phi) is 8.37. The van der Waals surface area contributed by atoms with E-state index in [0.29, 0.717) is 0 Å². The first-order valence-electron chi connectivity index (χ1n) is 8.85. The van der Waals surface area contributed by atoms with Crippen LogP contribution in [0.3, 0.4) is 0 Å². The summed E-state index contributed by atoms with van der Waals surface area (Å²) < 4.78 is 7.27. The Balaban J connectivity index is 0.000000352. The van der Waals surface area contributed by atoms with E-state index in [1.165, 1.54) is 55.4 Å². The van der Waals surface area contributed by atoms with Gasteiger partial charge in [-0.25, -0.2) is 9.59 Å². The molecule has 1 aromatic carbocycles. The second-order valence-electron chi connectivity index (χ2n) is 6.16. The van der Waals surface area contributed by atoms with Gasteiger partial charge in [0.25, 0.3) is 0 Å². The molecule has 6 nitrogen and oxygen atoms in total. The van der Waals surface area contributed by atoms with Gasteiger partial charge in [0.05, 0.1) is 6.61 Å². The number of carboxylic acids is 2. The zero-order valence-corrected chi connectivity index (χ0v) is 15.5. The summed E-state index contributed by atoms with van der Waals surface area (Å²) in [6.07, 6.45) is 6.59. The van der Waals surface area contributed by atoms with Crippen molar-refractivity contribution in [2.75, 3.05) is 26.2 Å². The molecule has 0 spiro atoms. The quantitative estimate of drug-likeness (QED) is 0.588. The van der Waals surface area contributed by atoms with Crippen molar-refractivity contribution in [2.24, 2.45) is 0 Å². The zero-order chi connectivity index (χ0) is 18.8. The van der Waals surface area contributed by atoms with Crippen LogP contribution in [0.4, 0.5) is 0 Å². The molecule has 0 aliphatic carbocycles. The number of rotatable bonds is 6. The maximum absolute atomic E-state index is 9.10. The first-order chi connectivity index (χ1) is 12.6. The van der Waals surface area contributed by atoms with E-state index in [-0.39, 0.29) is 0 Å². The highest BCUT2D eigenvalue weighted by molar-refractivity contribution is 7.17. The number of aliphatic carboxylic acids is 2. The van der Waals surface area contributed by atoms with Crippen LogP contribution < -0.4 is 4.74 Å². The van der Waals surface area contributed by atoms with E-state index in [9.17, 15) is 0 Å². The Bertz CT molecular complexity index is 697. The molecule has 2 heterocycles. The van der Waals surface area contributed by atoms with Gasteiger partial charge in [-0.05, 0) is 68.9 Å². The molecule has 0 saturated carbocycles. The van der Waals surface area contributed by atoms with Gasteiger partial charge < -0.3 is 19.8 Å². The SMILES string of the molecule is O=C(O)C(=O)O.c1cc(OCCCCN2CCCCC2)c2ccsc2c1. The number of nitrogens with zero attached hydrogens (tertiary/aromatic N) is 1. The summed E-state index contributed by atoms with van der Waals surface area (Å²) >= 11 is 1.78. The van der Waals surface area contributed by atoms with Crippen molar-refractivity contribution in [2.45, 2.75) is 32.1 Å². The lowest BCUT2D eigenvalue weighted by Gasteiger charge is -2.26. The summed E-state index contributed by atoms with van der Waals surface area (Å²) in [5.74, 6) is -2.60. The van der Waals surface area contributed by atoms with Crippen molar-refractivity contribution in [3.05, 3.63) is 29.6 Å². The van der Waals surface area contributed by atoms with Crippen molar-refractivity contribution >= 4 is 33.4 Å². The molecule has 0 bridgehead atoms. The van der Waals surface area contributed by atoms with E-state index in [4.69, 9.17) is 24.5 Å². The van der Waals surface area contributed by atoms with Crippen LogP contribution in [0.15, 0.2) is 29.6 Å². The second-order valence-corrected chi connectivity index (χ2v) is 7.10. The Morgan fingerprint density at radius 1 is 1.04 bits per heavy atom. The van der Waals surface area contributed by atoms with Gasteiger partial charge in [0.15, 0.2) is 0 Å². The van der Waals surface area contributed by atoms with Gasteiger partial charge in [-0.2, -0.15) is 0 Å². The number of likely N-dealkylation sites (tertiary alicyclic amines) is 1. The van der Waals surface area contributed by atoms with Crippen LogP contribution in [-0.2, 0) is 9.59 Å². The Hall–Kier alpha value is -2.12. The maximum Gasteiger partial charge on any atom is 0.414 e. The summed E-state index contributed by atoms with van der Waals surface area (Å²) in [6.45, 7) is 4.68. The van der Waals surface area contributed by atoms with E-state index < -0.39 is 11.9 Å². The van der Waals surface area contributed by atoms with Crippen molar-refractivity contribution in [1.29, 1.82) is 0 Å². The predicted octanol–water partition coefficient (Wildman–Crippen LogP) is 3.70. The van der Waals surface area contributed by atoms with Gasteiger partial charge >= 0.3 is 11.9 Å². The molecule has 1 aliphatic rings. The third-order valence-corrected chi connectivity index (χ3v) is 5.10. The van der Waals surface area contributed by atoms with E-state index in [2.05, 4.69) is 34.5 Å². The first-order valence-corrected chi connectivity index (χ1v) is 9.73. The van der Waals surface area contributed by atoms with Crippen molar-refractivity contribution < 1.29 is 24.5 Å². The van der Waals surface area contributed by atoms with Crippen LogP contribution in [0.2, 0.25) is 0 Å². The monoisotopic (exact) mass is 379 g/mol. The molecule has 2 N–H and O–H groups in total. The molecule has 7 heteroatoms. The lowest BCUT2D eigenvalue weighted by Crippen LogP contribution is -2.30. The summed E-state index contributed by atoms with van der Waals surface area (Å²) in [6, 6.07) is 8.48. The molecule has 2 aromatic rings. The minimum Gasteiger partial charge on any atom is -0.493 e. The molecular weight excluding hydrogens is 354 g/mol. The van der Waals surface area contributed by atoms with E-state index in [0.717, 1.165) is 18.8 Å². The average Bonchev–Trinajstić information content (AvgIpc) is 3.12. The topological polar surface area (TPSA) is 87.1 Å². The third-order valence-electron chi connectivity index (χ3n) is 4.21. The van der Waals surface area contributed by atoms with Gasteiger partial charge in [-0.3, -0.25) is 0 Å². The molecule has 1 saturated heterocycles. The fourth-order valence-electron chi connectivity index (χ4n) is 2.89. The van der Waals surface area contributed by atoms with Gasteiger partial charge in [0.1, 0.15) is 5.75 Å². The van der Waals surface area contributed by atoms with Crippen LogP contribution in [0.1, 0.15) is 32.1 Å². The standard InChI is InChI=1S/C17H23NOS.C2H2O4/c1-2-10-18(11-3-1)12-4-5-13-19-16-7-6-8-17-15(16)9-14-20-17;3-1(4)2(5)6/h6-9,14H,1-5,10-13H2;(H,3,4)(H,5,6). The number of piperidine rings is 1. The fourth-order valence-corrected chi connectivity index (χ4v) is 3.70. The molecule has 0 atom stereocenters. The smallest absolute Gasteiger partial charge is 0.414 e. The number of benzene rings is 1. The molecule has 0 amide bonds. The molecule has 1 aromatic heterocycles. The minimum absolute atomic E-state index is 0.836. The molecule has 142 valence electrons. The highest BCUT2D eigenvalue weighted by Gasteiger charge is 2.09. The molecular formula is C19H25NO5S. The summed E-state index contributed by atoms with van der Waals surface area (Å²) in [4.78, 5) is 20.8. The number of ether oxygens (including phenoxy) is 1. The number of hydrogen-bond donors (Lipinski definition) is 2. The number of hydrogen-bond acceptors (Lipinski definition) is 5. The number of carboxylic acid groups (broad SMARTS) is 2. The molecule has 3 rings (SSSR count). The van der Waals surface area contributed by atoms with Crippen molar-refractivity contribution in [3.63, 3.8) is 0 Å². The summed E-state index contributed by atoms with van der Waals surface area (Å²) in [5.41, 5.74) is 0. The van der Waals surface area contributed by atoms with Gasteiger partial charge in [0.2, 0.25) is 0 Å². The number of carbonyl (C=O) groups is 2. The largest absolute Gasteiger partial charge is 0.493 e. The number of fused-ring (bicyclic) bond motifs is 1. The number of thiophene rings is 1.